The van der Waals surface area contributed by atoms with Crippen molar-refractivity contribution in [2.45, 2.75) is 37.8 Å². The van der Waals surface area contributed by atoms with Gasteiger partial charge in [0.05, 0.1) is 25.1 Å². The fourth-order valence-corrected chi connectivity index (χ4v) is 5.86. The van der Waals surface area contributed by atoms with E-state index < -0.39 is 40.5 Å². The van der Waals surface area contributed by atoms with E-state index in [1.54, 1.807) is 12.1 Å². The molecule has 1 heterocycles. The van der Waals surface area contributed by atoms with Crippen LogP contribution in [0.4, 0.5) is 28.9 Å². The number of carbonyl (C=O) groups is 1. The van der Waals surface area contributed by atoms with Gasteiger partial charge in [-0.3, -0.25) is 0 Å². The maximum atomic E-state index is 14.6. The van der Waals surface area contributed by atoms with E-state index in [1.165, 1.54) is 0 Å². The number of carbonyl (C=O) groups excluding carboxylic acids is 1. The van der Waals surface area contributed by atoms with Crippen LogP contribution in [0, 0.1) is 35.1 Å². The summed E-state index contributed by atoms with van der Waals surface area (Å²) in [6.07, 6.45) is 4.81. The van der Waals surface area contributed by atoms with Gasteiger partial charge in [0.15, 0.2) is 11.6 Å². The Morgan fingerprint density at radius 1 is 0.923 bits per heavy atom. The van der Waals surface area contributed by atoms with E-state index >= 15 is 0 Å². The number of hydrogen-bond acceptors (Lipinski definition) is 5. The highest BCUT2D eigenvalue weighted by atomic mass is 35.5. The Hall–Kier alpha value is -3.46. The Balaban J connectivity index is 1.55. The predicted molar refractivity (Wildman–Crippen MR) is 140 cm³/mol. The van der Waals surface area contributed by atoms with E-state index in [0.717, 1.165) is 69.0 Å². The molecule has 2 aliphatic rings. The average Bonchev–Trinajstić information content (AvgIpc) is 3.28. The van der Waals surface area contributed by atoms with Crippen LogP contribution in [0.15, 0.2) is 48.5 Å². The number of hydrogen-bond donors (Lipinski definition) is 2. The molecule has 1 unspecified atom stereocenters. The van der Waals surface area contributed by atoms with E-state index in [9.17, 15) is 22.4 Å². The predicted octanol–water partition coefficient (Wildman–Crippen LogP) is 7.65. The maximum absolute atomic E-state index is 14.6. The highest BCUT2D eigenvalue weighted by Crippen LogP contribution is 2.49. The van der Waals surface area contributed by atoms with Gasteiger partial charge >= 0.3 is 5.97 Å². The average molecular weight is 563 g/mol. The van der Waals surface area contributed by atoms with Crippen molar-refractivity contribution in [3.63, 3.8) is 0 Å². The minimum absolute atomic E-state index is 0.00268. The minimum atomic E-state index is -1.13. The molecule has 3 aromatic rings. The van der Waals surface area contributed by atoms with E-state index in [-0.39, 0.29) is 24.2 Å². The van der Waals surface area contributed by atoms with E-state index in [0.29, 0.717) is 16.4 Å². The molecule has 3 aromatic carbocycles. The second kappa shape index (κ2) is 11.0. The zero-order valence-electron chi connectivity index (χ0n) is 21.1. The Bertz CT molecular complexity index is 1330. The normalized spacial score (nSPS) is 17.1. The lowest BCUT2D eigenvalue weighted by Crippen LogP contribution is -2.51. The quantitative estimate of drug-likeness (QED) is 0.229. The highest BCUT2D eigenvalue weighted by Gasteiger charge is 2.49. The monoisotopic (exact) mass is 562 g/mol. The van der Waals surface area contributed by atoms with Gasteiger partial charge in [0.25, 0.3) is 0 Å². The number of benzene rings is 3. The summed E-state index contributed by atoms with van der Waals surface area (Å²) in [4.78, 5) is 11.8. The number of rotatable bonds is 7. The standard InChI is InChI=1S/C29H27ClF4N2O3/c1-38-28(37)27-23(33)11-19(12-24(27)34)39-15-20(16-5-3-2-4-6-16)29(17-7-9-18(30)10-8-17)35-25-13-21(31)22(32)14-26(25)36-29/h7-14,16,20,35-36H,2-6,15H2,1H3. The summed E-state index contributed by atoms with van der Waals surface area (Å²) in [7, 11) is 1.04. The molecule has 1 fully saturated rings. The third kappa shape index (κ3) is 5.24. The van der Waals surface area contributed by atoms with Crippen molar-refractivity contribution in [3.8, 4) is 5.75 Å². The first-order valence-electron chi connectivity index (χ1n) is 12.7. The lowest BCUT2D eigenvalue weighted by atomic mass is 9.72. The van der Waals surface area contributed by atoms with Crippen molar-refractivity contribution in [1.82, 2.24) is 0 Å². The van der Waals surface area contributed by atoms with Crippen molar-refractivity contribution in [2.24, 2.45) is 11.8 Å². The molecule has 0 spiro atoms. The second-order valence-corrected chi connectivity index (χ2v) is 10.4. The second-order valence-electron chi connectivity index (χ2n) is 9.95. The van der Waals surface area contributed by atoms with Crippen LogP contribution in [0.5, 0.6) is 5.75 Å². The van der Waals surface area contributed by atoms with Gasteiger partial charge in [-0.25, -0.2) is 22.4 Å². The molecule has 5 nitrogen and oxygen atoms in total. The summed E-state index contributed by atoms with van der Waals surface area (Å²) in [5, 5.41) is 7.30. The summed E-state index contributed by atoms with van der Waals surface area (Å²) in [6, 6.07) is 11.2. The van der Waals surface area contributed by atoms with E-state index in [4.69, 9.17) is 16.3 Å². The van der Waals surface area contributed by atoms with Crippen LogP contribution in [0.2, 0.25) is 5.02 Å². The maximum Gasteiger partial charge on any atom is 0.343 e. The summed E-state index contributed by atoms with van der Waals surface area (Å²) in [6.45, 7) is 0.00268. The van der Waals surface area contributed by atoms with Gasteiger partial charge in [0, 0.05) is 35.2 Å². The third-order valence-electron chi connectivity index (χ3n) is 7.63. The van der Waals surface area contributed by atoms with Gasteiger partial charge in [0.1, 0.15) is 28.6 Å². The first-order valence-corrected chi connectivity index (χ1v) is 13.1. The summed E-state index contributed by atoms with van der Waals surface area (Å²) >= 11 is 6.17. The molecule has 206 valence electrons. The fraction of sp³-hybridized carbons (Fsp3) is 0.345. The zero-order chi connectivity index (χ0) is 27.7. The van der Waals surface area contributed by atoms with Crippen molar-refractivity contribution in [2.75, 3.05) is 24.4 Å². The lowest BCUT2D eigenvalue weighted by molar-refractivity contribution is 0.0589. The molecule has 1 aliphatic heterocycles. The molecular weight excluding hydrogens is 536 g/mol. The molecule has 2 N–H and O–H groups in total. The number of ether oxygens (including phenoxy) is 2. The molecule has 0 aromatic heterocycles. The lowest BCUT2D eigenvalue weighted by Gasteiger charge is -2.44. The molecule has 0 saturated heterocycles. The number of methoxy groups -OCH3 is 1. The van der Waals surface area contributed by atoms with Gasteiger partial charge in [-0.1, -0.05) is 43.0 Å². The molecule has 0 amide bonds. The smallest absolute Gasteiger partial charge is 0.343 e. The van der Waals surface area contributed by atoms with Crippen molar-refractivity contribution in [3.05, 3.63) is 87.9 Å². The molecule has 1 atom stereocenters. The number of halogens is 5. The van der Waals surface area contributed by atoms with Crippen LogP contribution in [0.25, 0.3) is 0 Å². The molecule has 10 heteroatoms. The number of esters is 1. The first kappa shape index (κ1) is 27.1. The highest BCUT2D eigenvalue weighted by molar-refractivity contribution is 6.30. The first-order chi connectivity index (χ1) is 18.7. The largest absolute Gasteiger partial charge is 0.493 e. The van der Waals surface area contributed by atoms with Crippen LogP contribution in [-0.4, -0.2) is 19.7 Å². The van der Waals surface area contributed by atoms with Crippen LogP contribution in [-0.2, 0) is 10.4 Å². The van der Waals surface area contributed by atoms with Crippen LogP contribution >= 0.6 is 11.6 Å². The molecule has 1 aliphatic carbocycles. The number of anilines is 2. The topological polar surface area (TPSA) is 59.6 Å². The summed E-state index contributed by atoms with van der Waals surface area (Å²) in [5.74, 6) is -5.67. The molecule has 0 bridgehead atoms. The van der Waals surface area contributed by atoms with Crippen LogP contribution in [0.1, 0.15) is 48.0 Å². The molecule has 1 saturated carbocycles. The third-order valence-corrected chi connectivity index (χ3v) is 7.89. The van der Waals surface area contributed by atoms with Gasteiger partial charge in [-0.15, -0.1) is 0 Å². The SMILES string of the molecule is COC(=O)c1c(F)cc(OCC(C2CCCCC2)C2(c3ccc(Cl)cc3)Nc3cc(F)c(F)cc3N2)cc1F. The fourth-order valence-electron chi connectivity index (χ4n) is 5.73. The Kier molecular flexibility index (Phi) is 7.62. The van der Waals surface area contributed by atoms with Crippen LogP contribution in [0.3, 0.4) is 0 Å². The number of fused-ring (bicyclic) bond motifs is 1. The van der Waals surface area contributed by atoms with Crippen LogP contribution < -0.4 is 15.4 Å². The Morgan fingerprint density at radius 3 is 2.03 bits per heavy atom. The minimum Gasteiger partial charge on any atom is -0.493 e. The molecule has 39 heavy (non-hydrogen) atoms. The van der Waals surface area contributed by atoms with Gasteiger partial charge < -0.3 is 20.1 Å². The van der Waals surface area contributed by atoms with E-state index in [2.05, 4.69) is 15.4 Å². The van der Waals surface area contributed by atoms with Gasteiger partial charge in [0.2, 0.25) is 0 Å². The molecule has 0 radical (unpaired) electrons. The van der Waals surface area contributed by atoms with Crippen molar-refractivity contribution in [1.29, 1.82) is 0 Å². The Labute approximate surface area is 228 Å². The zero-order valence-corrected chi connectivity index (χ0v) is 21.9. The summed E-state index contributed by atoms with van der Waals surface area (Å²) in [5.41, 5.74) is -0.363. The van der Waals surface area contributed by atoms with Crippen molar-refractivity contribution >= 4 is 28.9 Å². The summed E-state index contributed by atoms with van der Waals surface area (Å²) < 4.78 is 68.1. The van der Waals surface area contributed by atoms with Crippen molar-refractivity contribution < 1.29 is 31.8 Å². The Morgan fingerprint density at radius 2 is 1.49 bits per heavy atom. The number of nitrogens with one attached hydrogen (secondary N) is 2. The molecular formula is C29H27ClF4N2O3. The van der Waals surface area contributed by atoms with Gasteiger partial charge in [-0.05, 0) is 36.5 Å². The van der Waals surface area contributed by atoms with E-state index in [1.807, 2.05) is 12.1 Å². The van der Waals surface area contributed by atoms with Gasteiger partial charge in [-0.2, -0.15) is 0 Å². The molecule has 5 rings (SSSR count).